The van der Waals surface area contributed by atoms with Crippen molar-refractivity contribution in [3.05, 3.63) is 34.2 Å². The van der Waals surface area contributed by atoms with Crippen LogP contribution in [-0.2, 0) is 0 Å². The number of hydrogen-bond acceptors (Lipinski definition) is 3. The molecule has 1 heterocycles. The second-order valence-corrected chi connectivity index (χ2v) is 5.08. The van der Waals surface area contributed by atoms with Crippen LogP contribution in [0.15, 0.2) is 23.3 Å². The van der Waals surface area contributed by atoms with Crippen LogP contribution >= 0.6 is 0 Å². The van der Waals surface area contributed by atoms with E-state index in [0.717, 1.165) is 25.7 Å². The predicted molar refractivity (Wildman–Crippen MR) is 74.0 cm³/mol. The number of pyridine rings is 1. The van der Waals surface area contributed by atoms with E-state index in [1.54, 1.807) is 4.90 Å². The average Bonchev–Trinajstić information content (AvgIpc) is 2.42. The third-order valence-corrected chi connectivity index (χ3v) is 3.84. The number of carbonyl (C=O) groups excluding carboxylic acids is 1. The molecule has 0 atom stereocenters. The van der Waals surface area contributed by atoms with Crippen molar-refractivity contribution < 1.29 is 4.79 Å². The van der Waals surface area contributed by atoms with Crippen LogP contribution in [0.3, 0.4) is 0 Å². The van der Waals surface area contributed by atoms with Crippen LogP contribution in [0.2, 0.25) is 0 Å². The first-order valence-corrected chi connectivity index (χ1v) is 6.87. The number of hydrogen-bond donors (Lipinski definition) is 2. The third-order valence-electron chi connectivity index (χ3n) is 3.84. The van der Waals surface area contributed by atoms with Gasteiger partial charge in [0, 0.05) is 37.1 Å². The van der Waals surface area contributed by atoms with Gasteiger partial charge in [0.1, 0.15) is 5.56 Å². The fourth-order valence-electron chi connectivity index (χ4n) is 2.72. The van der Waals surface area contributed by atoms with Gasteiger partial charge in [-0.25, -0.2) is 0 Å². The number of nitrogens with one attached hydrogen (secondary N) is 1. The van der Waals surface area contributed by atoms with E-state index in [0.29, 0.717) is 6.54 Å². The first-order valence-electron chi connectivity index (χ1n) is 6.87. The monoisotopic (exact) mass is 263 g/mol. The van der Waals surface area contributed by atoms with E-state index in [4.69, 9.17) is 5.73 Å². The minimum atomic E-state index is -0.227. The normalized spacial score (nSPS) is 23.1. The Morgan fingerprint density at radius 1 is 1.42 bits per heavy atom. The van der Waals surface area contributed by atoms with Crippen LogP contribution in [0.1, 0.15) is 43.0 Å². The Hall–Kier alpha value is -1.62. The lowest BCUT2D eigenvalue weighted by molar-refractivity contribution is 0.0639. The van der Waals surface area contributed by atoms with Crippen LogP contribution in [-0.4, -0.2) is 34.4 Å². The van der Waals surface area contributed by atoms with Gasteiger partial charge in [0.05, 0.1) is 0 Å². The van der Waals surface area contributed by atoms with Crippen molar-refractivity contribution >= 4 is 5.91 Å². The molecule has 0 saturated heterocycles. The molecule has 1 aliphatic carbocycles. The highest BCUT2D eigenvalue weighted by Gasteiger charge is 2.28. The van der Waals surface area contributed by atoms with E-state index in [2.05, 4.69) is 4.98 Å². The minimum Gasteiger partial charge on any atom is -0.367 e. The quantitative estimate of drug-likeness (QED) is 0.857. The van der Waals surface area contributed by atoms with E-state index >= 15 is 0 Å². The number of rotatable bonds is 3. The summed E-state index contributed by atoms with van der Waals surface area (Å²) < 4.78 is 0. The average molecular weight is 263 g/mol. The maximum absolute atomic E-state index is 12.5. The van der Waals surface area contributed by atoms with Gasteiger partial charge in [-0.3, -0.25) is 9.59 Å². The molecule has 5 heteroatoms. The zero-order valence-electron chi connectivity index (χ0n) is 11.3. The summed E-state index contributed by atoms with van der Waals surface area (Å²) in [5.74, 6) is -0.176. The SMILES string of the molecule is CCN(C(=O)c1c[nH]ccc1=O)C1CCC(N)CC1. The van der Waals surface area contributed by atoms with Gasteiger partial charge >= 0.3 is 0 Å². The lowest BCUT2D eigenvalue weighted by atomic mass is 9.90. The Balaban J connectivity index is 2.16. The molecule has 1 fully saturated rings. The molecule has 104 valence electrons. The van der Waals surface area contributed by atoms with Crippen molar-refractivity contribution in [1.82, 2.24) is 9.88 Å². The standard InChI is InChI=1S/C14H21N3O2/c1-2-17(11-5-3-10(15)4-6-11)14(19)12-9-16-8-7-13(12)18/h7-11H,2-6,15H2,1H3,(H,16,18). The highest BCUT2D eigenvalue weighted by atomic mass is 16.2. The first-order chi connectivity index (χ1) is 9.13. The Morgan fingerprint density at radius 2 is 2.11 bits per heavy atom. The second kappa shape index (κ2) is 6.02. The molecule has 2 rings (SSSR count). The van der Waals surface area contributed by atoms with Crippen molar-refractivity contribution in [2.45, 2.75) is 44.7 Å². The Kier molecular flexibility index (Phi) is 4.37. The summed E-state index contributed by atoms with van der Waals surface area (Å²) in [5, 5.41) is 0. The first kappa shape index (κ1) is 13.8. The van der Waals surface area contributed by atoms with Crippen molar-refractivity contribution in [2.24, 2.45) is 5.73 Å². The zero-order chi connectivity index (χ0) is 13.8. The van der Waals surface area contributed by atoms with E-state index in [1.165, 1.54) is 18.5 Å². The largest absolute Gasteiger partial charge is 0.367 e. The lowest BCUT2D eigenvalue weighted by Gasteiger charge is -2.35. The number of H-pyrrole nitrogens is 1. The molecule has 1 aromatic rings. The molecule has 1 saturated carbocycles. The van der Waals surface area contributed by atoms with Crippen molar-refractivity contribution in [2.75, 3.05) is 6.54 Å². The van der Waals surface area contributed by atoms with E-state index in [-0.39, 0.29) is 29.0 Å². The molecule has 0 aromatic carbocycles. The topological polar surface area (TPSA) is 79.2 Å². The molecule has 0 spiro atoms. The molecule has 1 amide bonds. The Bertz CT molecular complexity index is 489. The second-order valence-electron chi connectivity index (χ2n) is 5.08. The molecule has 0 bridgehead atoms. The molecule has 5 nitrogen and oxygen atoms in total. The minimum absolute atomic E-state index is 0.176. The lowest BCUT2D eigenvalue weighted by Crippen LogP contribution is -2.45. The number of carbonyl (C=O) groups is 1. The van der Waals surface area contributed by atoms with Crippen LogP contribution in [0, 0.1) is 0 Å². The summed E-state index contributed by atoms with van der Waals surface area (Å²) in [6.07, 6.45) is 6.76. The van der Waals surface area contributed by atoms with Gasteiger partial charge in [0.25, 0.3) is 5.91 Å². The molecule has 1 aliphatic rings. The summed E-state index contributed by atoms with van der Waals surface area (Å²) >= 11 is 0. The van der Waals surface area contributed by atoms with E-state index in [1.807, 2.05) is 6.92 Å². The highest BCUT2D eigenvalue weighted by Crippen LogP contribution is 2.22. The van der Waals surface area contributed by atoms with Gasteiger partial charge < -0.3 is 15.6 Å². The Labute approximate surface area is 112 Å². The fourth-order valence-corrected chi connectivity index (χ4v) is 2.72. The van der Waals surface area contributed by atoms with Gasteiger partial charge in [-0.2, -0.15) is 0 Å². The van der Waals surface area contributed by atoms with Gasteiger partial charge in [0.15, 0.2) is 5.43 Å². The molecule has 0 aliphatic heterocycles. The summed E-state index contributed by atoms with van der Waals surface area (Å²) in [4.78, 5) is 28.8. The number of aromatic nitrogens is 1. The molecule has 1 aromatic heterocycles. The molecular formula is C14H21N3O2. The zero-order valence-corrected chi connectivity index (χ0v) is 11.3. The van der Waals surface area contributed by atoms with Crippen LogP contribution in [0.5, 0.6) is 0 Å². The molecular weight excluding hydrogens is 242 g/mol. The third kappa shape index (κ3) is 3.04. The maximum Gasteiger partial charge on any atom is 0.259 e. The van der Waals surface area contributed by atoms with Gasteiger partial charge in [-0.15, -0.1) is 0 Å². The van der Waals surface area contributed by atoms with Crippen molar-refractivity contribution in [3.8, 4) is 0 Å². The molecule has 3 N–H and O–H groups in total. The van der Waals surface area contributed by atoms with Crippen LogP contribution in [0.4, 0.5) is 0 Å². The molecule has 19 heavy (non-hydrogen) atoms. The molecule has 0 unspecified atom stereocenters. The van der Waals surface area contributed by atoms with Gasteiger partial charge in [0.2, 0.25) is 0 Å². The van der Waals surface area contributed by atoms with Crippen molar-refractivity contribution in [1.29, 1.82) is 0 Å². The fraction of sp³-hybridized carbons (Fsp3) is 0.571. The smallest absolute Gasteiger partial charge is 0.259 e. The van der Waals surface area contributed by atoms with Crippen LogP contribution in [0.25, 0.3) is 0 Å². The van der Waals surface area contributed by atoms with E-state index < -0.39 is 0 Å². The summed E-state index contributed by atoms with van der Waals surface area (Å²) in [7, 11) is 0. The molecule has 0 radical (unpaired) electrons. The summed E-state index contributed by atoms with van der Waals surface area (Å²) in [6, 6.07) is 1.85. The van der Waals surface area contributed by atoms with Crippen LogP contribution < -0.4 is 11.2 Å². The number of nitrogens with zero attached hydrogens (tertiary/aromatic N) is 1. The predicted octanol–water partition coefficient (Wildman–Crippen LogP) is 1.11. The number of aromatic amines is 1. The number of nitrogens with two attached hydrogens (primary N) is 1. The summed E-state index contributed by atoms with van der Waals surface area (Å²) in [5.41, 5.74) is 5.89. The maximum atomic E-state index is 12.5. The van der Waals surface area contributed by atoms with Gasteiger partial charge in [-0.05, 0) is 32.6 Å². The van der Waals surface area contributed by atoms with Gasteiger partial charge in [-0.1, -0.05) is 0 Å². The van der Waals surface area contributed by atoms with Crippen molar-refractivity contribution in [3.63, 3.8) is 0 Å². The Morgan fingerprint density at radius 3 is 2.68 bits per heavy atom. The summed E-state index contributed by atoms with van der Waals surface area (Å²) in [6.45, 7) is 2.57. The van der Waals surface area contributed by atoms with E-state index in [9.17, 15) is 9.59 Å². The number of amides is 1. The highest BCUT2D eigenvalue weighted by molar-refractivity contribution is 5.94.